The fraction of sp³-hybridized carbons (Fsp3) is 0.455. The summed E-state index contributed by atoms with van der Waals surface area (Å²) in [7, 11) is 2.90. The molecular formula is C22H28F2O2. The van der Waals surface area contributed by atoms with Crippen LogP contribution in [0.15, 0.2) is 36.4 Å². The van der Waals surface area contributed by atoms with Crippen LogP contribution >= 0.6 is 0 Å². The number of benzene rings is 2. The molecule has 0 spiro atoms. The van der Waals surface area contributed by atoms with Crippen LogP contribution in [0.1, 0.15) is 51.7 Å². The molecule has 0 bridgehead atoms. The van der Waals surface area contributed by atoms with Crippen LogP contribution in [0.5, 0.6) is 11.5 Å². The van der Waals surface area contributed by atoms with Crippen molar-refractivity contribution in [3.05, 3.63) is 59.2 Å². The standard InChI is InChI=1S/C22H28F2O2/c1-7-21(3,15-9-11-19(25-5)17(23)13-15)22(4,8-2)16-10-12-20(26-6)18(24)14-16/h9-14H,7-8H2,1-6H3/t21-,22+. The lowest BCUT2D eigenvalue weighted by molar-refractivity contribution is 0.232. The van der Waals surface area contributed by atoms with E-state index in [0.717, 1.165) is 24.0 Å². The van der Waals surface area contributed by atoms with E-state index in [0.29, 0.717) is 0 Å². The lowest BCUT2D eigenvalue weighted by Crippen LogP contribution is -2.44. The maximum Gasteiger partial charge on any atom is 0.165 e. The minimum absolute atomic E-state index is 0.223. The summed E-state index contributed by atoms with van der Waals surface area (Å²) in [5.74, 6) is -0.324. The number of hydrogen-bond donors (Lipinski definition) is 0. The molecule has 4 heteroatoms. The zero-order valence-electron chi connectivity index (χ0n) is 16.5. The topological polar surface area (TPSA) is 18.5 Å². The first kappa shape index (κ1) is 20.2. The molecule has 26 heavy (non-hydrogen) atoms. The highest BCUT2D eigenvalue weighted by Gasteiger charge is 2.45. The molecule has 0 amide bonds. The van der Waals surface area contributed by atoms with Crippen molar-refractivity contribution in [2.24, 2.45) is 0 Å². The Morgan fingerprint density at radius 1 is 0.731 bits per heavy atom. The van der Waals surface area contributed by atoms with Gasteiger partial charge in [-0.15, -0.1) is 0 Å². The number of methoxy groups -OCH3 is 2. The van der Waals surface area contributed by atoms with Gasteiger partial charge in [0.05, 0.1) is 14.2 Å². The number of rotatable bonds is 7. The third-order valence-corrected chi connectivity index (χ3v) is 6.21. The first-order valence-electron chi connectivity index (χ1n) is 8.95. The fourth-order valence-electron chi connectivity index (χ4n) is 3.84. The smallest absolute Gasteiger partial charge is 0.165 e. The molecule has 0 unspecified atom stereocenters. The molecular weight excluding hydrogens is 334 g/mol. The Balaban J connectivity index is 2.63. The van der Waals surface area contributed by atoms with E-state index in [1.807, 2.05) is 12.1 Å². The molecule has 0 aliphatic heterocycles. The van der Waals surface area contributed by atoms with Crippen LogP contribution < -0.4 is 9.47 Å². The quantitative estimate of drug-likeness (QED) is 0.600. The second kappa shape index (κ2) is 7.65. The van der Waals surface area contributed by atoms with E-state index in [9.17, 15) is 8.78 Å². The molecule has 0 heterocycles. The third kappa shape index (κ3) is 3.17. The van der Waals surface area contributed by atoms with E-state index in [2.05, 4.69) is 27.7 Å². The summed E-state index contributed by atoms with van der Waals surface area (Å²) in [5, 5.41) is 0. The van der Waals surface area contributed by atoms with Gasteiger partial charge < -0.3 is 9.47 Å². The largest absolute Gasteiger partial charge is 0.494 e. The fourth-order valence-corrected chi connectivity index (χ4v) is 3.84. The summed E-state index contributed by atoms with van der Waals surface area (Å²) in [6.07, 6.45) is 1.55. The lowest BCUT2D eigenvalue weighted by atomic mass is 9.56. The van der Waals surface area contributed by atoms with Crippen LogP contribution in [0.4, 0.5) is 8.78 Å². The third-order valence-electron chi connectivity index (χ3n) is 6.21. The van der Waals surface area contributed by atoms with Gasteiger partial charge in [0.25, 0.3) is 0 Å². The summed E-state index contributed by atoms with van der Waals surface area (Å²) < 4.78 is 38.8. The maximum absolute atomic E-state index is 14.4. The highest BCUT2D eigenvalue weighted by molar-refractivity contribution is 5.42. The number of halogens is 2. The first-order chi connectivity index (χ1) is 12.3. The van der Waals surface area contributed by atoms with Crippen molar-refractivity contribution in [3.8, 4) is 11.5 Å². The molecule has 2 aromatic carbocycles. The van der Waals surface area contributed by atoms with Gasteiger partial charge in [-0.25, -0.2) is 8.78 Å². The molecule has 0 aliphatic carbocycles. The first-order valence-corrected chi connectivity index (χ1v) is 8.95. The molecule has 0 aromatic heterocycles. The van der Waals surface area contributed by atoms with Crippen molar-refractivity contribution in [1.29, 1.82) is 0 Å². The van der Waals surface area contributed by atoms with Crippen LogP contribution in [0, 0.1) is 11.6 Å². The molecule has 0 saturated heterocycles. The minimum atomic E-state index is -0.393. The van der Waals surface area contributed by atoms with E-state index in [1.165, 1.54) is 26.4 Å². The van der Waals surface area contributed by atoms with Gasteiger partial charge in [0.1, 0.15) is 0 Å². The average Bonchev–Trinajstić information content (AvgIpc) is 2.66. The van der Waals surface area contributed by atoms with Crippen LogP contribution in [0.3, 0.4) is 0 Å². The molecule has 2 atom stereocenters. The zero-order valence-corrected chi connectivity index (χ0v) is 16.5. The Hall–Kier alpha value is -2.10. The summed E-state index contributed by atoms with van der Waals surface area (Å²) in [6, 6.07) is 10.2. The molecule has 0 radical (unpaired) electrons. The van der Waals surface area contributed by atoms with Gasteiger partial charge in [0.2, 0.25) is 0 Å². The predicted octanol–water partition coefficient (Wildman–Crippen LogP) is 6.02. The van der Waals surface area contributed by atoms with E-state index in [-0.39, 0.29) is 23.1 Å². The monoisotopic (exact) mass is 362 g/mol. The highest BCUT2D eigenvalue weighted by Crippen LogP contribution is 2.49. The van der Waals surface area contributed by atoms with Crippen molar-refractivity contribution < 1.29 is 18.3 Å². The normalized spacial score (nSPS) is 15.8. The van der Waals surface area contributed by atoms with Gasteiger partial charge in [-0.1, -0.05) is 39.8 Å². The van der Waals surface area contributed by atoms with E-state index in [4.69, 9.17) is 9.47 Å². The van der Waals surface area contributed by atoms with Crippen molar-refractivity contribution in [2.75, 3.05) is 14.2 Å². The number of ether oxygens (including phenoxy) is 2. The Labute approximate surface area is 155 Å². The van der Waals surface area contributed by atoms with Crippen LogP contribution in [-0.4, -0.2) is 14.2 Å². The maximum atomic E-state index is 14.4. The SMILES string of the molecule is CC[C@@](C)(c1ccc(OC)c(F)c1)[C@](C)(CC)c1ccc(OC)c(F)c1. The Kier molecular flexibility index (Phi) is 5.94. The summed E-state index contributed by atoms with van der Waals surface area (Å²) >= 11 is 0. The van der Waals surface area contributed by atoms with Crippen molar-refractivity contribution >= 4 is 0 Å². The summed E-state index contributed by atoms with van der Waals surface area (Å²) in [5.41, 5.74) is 0.962. The van der Waals surface area contributed by atoms with Crippen LogP contribution in [0.25, 0.3) is 0 Å². The van der Waals surface area contributed by atoms with Gasteiger partial charge in [0.15, 0.2) is 23.1 Å². The number of hydrogen-bond acceptors (Lipinski definition) is 2. The van der Waals surface area contributed by atoms with E-state index < -0.39 is 10.8 Å². The van der Waals surface area contributed by atoms with Gasteiger partial charge in [0, 0.05) is 10.8 Å². The second-order valence-electron chi connectivity index (χ2n) is 7.07. The van der Waals surface area contributed by atoms with Crippen molar-refractivity contribution in [1.82, 2.24) is 0 Å². The van der Waals surface area contributed by atoms with Gasteiger partial charge >= 0.3 is 0 Å². The molecule has 2 nitrogen and oxygen atoms in total. The molecule has 2 rings (SSSR count). The molecule has 0 N–H and O–H groups in total. The molecule has 0 fully saturated rings. The average molecular weight is 362 g/mol. The summed E-state index contributed by atoms with van der Waals surface area (Å²) in [4.78, 5) is 0. The second-order valence-corrected chi connectivity index (χ2v) is 7.07. The van der Waals surface area contributed by atoms with Crippen LogP contribution in [-0.2, 0) is 10.8 Å². The van der Waals surface area contributed by atoms with Crippen molar-refractivity contribution in [2.45, 2.75) is 51.4 Å². The Bertz CT molecular complexity index is 709. The molecule has 2 aromatic rings. The Morgan fingerprint density at radius 2 is 1.08 bits per heavy atom. The van der Waals surface area contributed by atoms with Crippen LogP contribution in [0.2, 0.25) is 0 Å². The zero-order chi connectivity index (χ0) is 19.5. The van der Waals surface area contributed by atoms with Gasteiger partial charge in [-0.2, -0.15) is 0 Å². The molecule has 0 aliphatic rings. The molecule has 0 saturated carbocycles. The van der Waals surface area contributed by atoms with Gasteiger partial charge in [-0.3, -0.25) is 0 Å². The van der Waals surface area contributed by atoms with E-state index >= 15 is 0 Å². The summed E-state index contributed by atoms with van der Waals surface area (Å²) in [6.45, 7) is 8.38. The van der Waals surface area contributed by atoms with Crippen molar-refractivity contribution in [3.63, 3.8) is 0 Å². The van der Waals surface area contributed by atoms with Gasteiger partial charge in [-0.05, 0) is 48.2 Å². The minimum Gasteiger partial charge on any atom is -0.494 e. The van der Waals surface area contributed by atoms with E-state index in [1.54, 1.807) is 12.1 Å². The molecule has 142 valence electrons. The lowest BCUT2D eigenvalue weighted by Gasteiger charge is -2.47. The Morgan fingerprint density at radius 3 is 1.31 bits per heavy atom. The predicted molar refractivity (Wildman–Crippen MR) is 101 cm³/mol. The highest BCUT2D eigenvalue weighted by atomic mass is 19.1.